The minimum Gasteiger partial charge on any atom is -0.466 e. The molecular formula is C23H26ClN3O2S. The van der Waals surface area contributed by atoms with E-state index in [4.69, 9.17) is 16.3 Å². The van der Waals surface area contributed by atoms with E-state index in [-0.39, 0.29) is 5.97 Å². The number of thiazole rings is 1. The standard InChI is InChI=1S/C23H26ClN3O2S/c1-2-29-21(28)23(16-18-6-3-4-8-20(18)24)9-13-26(14-10-23)17-19-7-5-12-27(19)22-25-11-15-30-22/h3-8,11-12,15H,2,9-10,13-14,16-17H2,1H3. The smallest absolute Gasteiger partial charge is 0.312 e. The van der Waals surface area contributed by atoms with Gasteiger partial charge in [-0.3, -0.25) is 14.3 Å². The van der Waals surface area contributed by atoms with Crippen molar-refractivity contribution in [3.8, 4) is 5.13 Å². The van der Waals surface area contributed by atoms with Crippen LogP contribution in [-0.4, -0.2) is 40.1 Å². The Morgan fingerprint density at radius 1 is 1.23 bits per heavy atom. The van der Waals surface area contributed by atoms with Crippen LogP contribution in [-0.2, 0) is 22.5 Å². The van der Waals surface area contributed by atoms with E-state index >= 15 is 0 Å². The van der Waals surface area contributed by atoms with Gasteiger partial charge in [-0.2, -0.15) is 0 Å². The number of hydrogen-bond acceptors (Lipinski definition) is 5. The van der Waals surface area contributed by atoms with Crippen LogP contribution in [0.4, 0.5) is 0 Å². The molecule has 1 aliphatic rings. The minimum absolute atomic E-state index is 0.101. The summed E-state index contributed by atoms with van der Waals surface area (Å²) in [5.41, 5.74) is 1.70. The van der Waals surface area contributed by atoms with Crippen molar-refractivity contribution in [3.63, 3.8) is 0 Å². The van der Waals surface area contributed by atoms with Crippen LogP contribution in [0.3, 0.4) is 0 Å². The van der Waals surface area contributed by atoms with Gasteiger partial charge in [0.1, 0.15) is 0 Å². The van der Waals surface area contributed by atoms with Gasteiger partial charge in [-0.15, -0.1) is 11.3 Å². The van der Waals surface area contributed by atoms with Crippen LogP contribution in [0, 0.1) is 5.41 Å². The molecule has 1 aromatic carbocycles. The van der Waals surface area contributed by atoms with Gasteiger partial charge in [-0.25, -0.2) is 4.98 Å². The molecule has 0 atom stereocenters. The number of halogens is 1. The highest BCUT2D eigenvalue weighted by molar-refractivity contribution is 7.12. The number of nitrogens with zero attached hydrogens (tertiary/aromatic N) is 3. The van der Waals surface area contributed by atoms with Gasteiger partial charge in [0.15, 0.2) is 5.13 Å². The Hall–Kier alpha value is -2.15. The van der Waals surface area contributed by atoms with Gasteiger partial charge in [-0.05, 0) is 63.0 Å². The third kappa shape index (κ3) is 4.46. The lowest BCUT2D eigenvalue weighted by Crippen LogP contribution is -2.46. The number of piperidine rings is 1. The van der Waals surface area contributed by atoms with Gasteiger partial charge in [-0.1, -0.05) is 29.8 Å². The number of aromatic nitrogens is 2. The molecule has 0 aliphatic carbocycles. The monoisotopic (exact) mass is 443 g/mol. The Labute approximate surface area is 186 Å². The first-order chi connectivity index (χ1) is 14.6. The van der Waals surface area contributed by atoms with E-state index in [1.165, 1.54) is 5.69 Å². The van der Waals surface area contributed by atoms with E-state index in [1.54, 1.807) is 11.3 Å². The van der Waals surface area contributed by atoms with Crippen molar-refractivity contribution in [1.29, 1.82) is 0 Å². The van der Waals surface area contributed by atoms with Gasteiger partial charge < -0.3 is 4.74 Å². The first kappa shape index (κ1) is 21.1. The number of carbonyl (C=O) groups excluding carboxylic acids is 1. The molecule has 30 heavy (non-hydrogen) atoms. The summed E-state index contributed by atoms with van der Waals surface area (Å²) < 4.78 is 7.63. The first-order valence-corrected chi connectivity index (χ1v) is 11.6. The number of ether oxygens (including phenoxy) is 1. The quantitative estimate of drug-likeness (QED) is 0.483. The number of rotatable bonds is 7. The molecule has 0 amide bonds. The molecule has 0 spiro atoms. The van der Waals surface area contributed by atoms with Gasteiger partial charge in [0.05, 0.1) is 12.0 Å². The van der Waals surface area contributed by atoms with Crippen molar-refractivity contribution in [1.82, 2.24) is 14.5 Å². The second-order valence-corrected chi connectivity index (χ2v) is 9.01. The largest absolute Gasteiger partial charge is 0.466 e. The van der Waals surface area contributed by atoms with E-state index in [2.05, 4.69) is 32.8 Å². The normalized spacial score (nSPS) is 16.5. The second-order valence-electron chi connectivity index (χ2n) is 7.73. The summed E-state index contributed by atoms with van der Waals surface area (Å²) in [4.78, 5) is 19.8. The first-order valence-electron chi connectivity index (χ1n) is 10.3. The lowest BCUT2D eigenvalue weighted by molar-refractivity contribution is -0.158. The highest BCUT2D eigenvalue weighted by Crippen LogP contribution is 2.38. The molecule has 0 unspecified atom stereocenters. The summed E-state index contributed by atoms with van der Waals surface area (Å²) in [6.07, 6.45) is 6.02. The second kappa shape index (κ2) is 9.33. The van der Waals surface area contributed by atoms with Crippen LogP contribution < -0.4 is 0 Å². The highest BCUT2D eigenvalue weighted by atomic mass is 35.5. The van der Waals surface area contributed by atoms with Crippen molar-refractivity contribution in [2.75, 3.05) is 19.7 Å². The van der Waals surface area contributed by atoms with Crippen molar-refractivity contribution >= 4 is 28.9 Å². The molecule has 3 aromatic rings. The zero-order valence-corrected chi connectivity index (χ0v) is 18.7. The van der Waals surface area contributed by atoms with Crippen LogP contribution in [0.5, 0.6) is 0 Å². The van der Waals surface area contributed by atoms with Gasteiger partial charge in [0.25, 0.3) is 0 Å². The van der Waals surface area contributed by atoms with Crippen LogP contribution in [0.2, 0.25) is 5.02 Å². The lowest BCUT2D eigenvalue weighted by atomic mass is 9.73. The van der Waals surface area contributed by atoms with Crippen molar-refractivity contribution in [3.05, 3.63) is 70.5 Å². The minimum atomic E-state index is -0.519. The van der Waals surface area contributed by atoms with Crippen LogP contribution in [0.1, 0.15) is 31.0 Å². The maximum Gasteiger partial charge on any atom is 0.312 e. The zero-order chi connectivity index (χ0) is 21.0. The number of likely N-dealkylation sites (tertiary alicyclic amines) is 1. The maximum atomic E-state index is 13.0. The molecule has 7 heteroatoms. The molecule has 1 saturated heterocycles. The molecule has 0 saturated carbocycles. The van der Waals surface area contributed by atoms with Crippen LogP contribution >= 0.6 is 22.9 Å². The van der Waals surface area contributed by atoms with Gasteiger partial charge >= 0.3 is 5.97 Å². The van der Waals surface area contributed by atoms with Crippen LogP contribution in [0.15, 0.2) is 54.2 Å². The third-order valence-corrected chi connectivity index (χ3v) is 6.99. The Bertz CT molecular complexity index is 978. The van der Waals surface area contributed by atoms with E-state index in [0.29, 0.717) is 18.1 Å². The Balaban J connectivity index is 1.48. The van der Waals surface area contributed by atoms with Crippen LogP contribution in [0.25, 0.3) is 5.13 Å². The molecule has 0 radical (unpaired) electrons. The summed E-state index contributed by atoms with van der Waals surface area (Å²) in [5, 5.41) is 3.68. The van der Waals surface area contributed by atoms with Gasteiger partial charge in [0.2, 0.25) is 0 Å². The summed E-state index contributed by atoms with van der Waals surface area (Å²) in [6.45, 7) is 4.77. The molecule has 1 aliphatic heterocycles. The summed E-state index contributed by atoms with van der Waals surface area (Å²) in [7, 11) is 0. The average Bonchev–Trinajstić information content (AvgIpc) is 3.43. The molecule has 2 aromatic heterocycles. The van der Waals surface area contributed by atoms with E-state index in [0.717, 1.165) is 43.2 Å². The molecule has 1 fully saturated rings. The third-order valence-electron chi connectivity index (χ3n) is 5.85. The predicted molar refractivity (Wildman–Crippen MR) is 120 cm³/mol. The van der Waals surface area contributed by atoms with E-state index in [9.17, 15) is 4.79 Å². The molecule has 5 nitrogen and oxygen atoms in total. The molecule has 3 heterocycles. The summed E-state index contributed by atoms with van der Waals surface area (Å²) in [6, 6.07) is 12.0. The summed E-state index contributed by atoms with van der Waals surface area (Å²) in [5.74, 6) is -0.101. The fourth-order valence-corrected chi connectivity index (χ4v) is 5.04. The van der Waals surface area contributed by atoms with Gasteiger partial charge in [0, 0.05) is 35.0 Å². The lowest BCUT2D eigenvalue weighted by Gasteiger charge is -2.40. The molecular weight excluding hydrogens is 418 g/mol. The Kier molecular flexibility index (Phi) is 6.56. The van der Waals surface area contributed by atoms with E-state index in [1.807, 2.05) is 42.8 Å². The topological polar surface area (TPSA) is 47.4 Å². The van der Waals surface area contributed by atoms with Crippen molar-refractivity contribution in [2.24, 2.45) is 5.41 Å². The SMILES string of the molecule is CCOC(=O)C1(Cc2ccccc2Cl)CCN(Cc2cccn2-c2nccs2)CC1. The number of carbonyl (C=O) groups is 1. The number of hydrogen-bond donors (Lipinski definition) is 0. The number of benzene rings is 1. The fraction of sp³-hybridized carbons (Fsp3) is 0.391. The zero-order valence-electron chi connectivity index (χ0n) is 17.1. The molecule has 0 N–H and O–H groups in total. The highest BCUT2D eigenvalue weighted by Gasteiger charge is 2.43. The Morgan fingerprint density at radius 2 is 2.03 bits per heavy atom. The van der Waals surface area contributed by atoms with E-state index < -0.39 is 5.41 Å². The molecule has 4 rings (SSSR count). The fourth-order valence-electron chi connectivity index (χ4n) is 4.18. The predicted octanol–water partition coefficient (Wildman–Crippen LogP) is 4.98. The molecule has 0 bridgehead atoms. The molecule has 158 valence electrons. The van der Waals surface area contributed by atoms with Crippen molar-refractivity contribution in [2.45, 2.75) is 32.7 Å². The summed E-state index contributed by atoms with van der Waals surface area (Å²) >= 11 is 8.03. The van der Waals surface area contributed by atoms with Crippen molar-refractivity contribution < 1.29 is 9.53 Å². The Morgan fingerprint density at radius 3 is 2.73 bits per heavy atom. The average molecular weight is 444 g/mol. The maximum absolute atomic E-state index is 13.0. The number of esters is 1.